The van der Waals surface area contributed by atoms with Gasteiger partial charge in [-0.05, 0) is 25.5 Å². The quantitative estimate of drug-likeness (QED) is 0.850. The van der Waals surface area contributed by atoms with Crippen molar-refractivity contribution >= 4 is 11.8 Å². The molecule has 1 heterocycles. The van der Waals surface area contributed by atoms with Gasteiger partial charge in [0.25, 0.3) is 0 Å². The normalized spacial score (nSPS) is 12.1. The van der Waals surface area contributed by atoms with Crippen LogP contribution in [0.3, 0.4) is 0 Å². The Kier molecular flexibility index (Phi) is 4.03. The van der Waals surface area contributed by atoms with Crippen molar-refractivity contribution in [2.24, 2.45) is 0 Å². The van der Waals surface area contributed by atoms with Crippen LogP contribution < -0.4 is 0 Å². The number of ketones is 1. The molecule has 0 saturated carbocycles. The number of rotatable bonds is 5. The van der Waals surface area contributed by atoms with Crippen molar-refractivity contribution in [3.63, 3.8) is 0 Å². The molecule has 0 aliphatic heterocycles. The fourth-order valence-electron chi connectivity index (χ4n) is 2.20. The lowest BCUT2D eigenvalue weighted by Gasteiger charge is -2.15. The number of hydrogen-bond donors (Lipinski definition) is 1. The number of carboxylic acid groups (broad SMARTS) is 1. The Labute approximate surface area is 117 Å². The SMILES string of the molecule is CCC(C(=O)O)n1cccc1C(=O)c1ccc(C)cc1. The minimum Gasteiger partial charge on any atom is -0.480 e. The van der Waals surface area contributed by atoms with E-state index in [2.05, 4.69) is 0 Å². The lowest BCUT2D eigenvalue weighted by atomic mass is 10.1. The minimum atomic E-state index is -0.929. The molecule has 1 aromatic carbocycles. The third-order valence-corrected chi connectivity index (χ3v) is 3.33. The molecule has 1 unspecified atom stereocenters. The number of nitrogens with zero attached hydrogens (tertiary/aromatic N) is 1. The summed E-state index contributed by atoms with van der Waals surface area (Å²) in [6.07, 6.45) is 2.07. The fraction of sp³-hybridized carbons (Fsp3) is 0.250. The number of hydrogen-bond acceptors (Lipinski definition) is 2. The topological polar surface area (TPSA) is 59.3 Å². The molecule has 0 fully saturated rings. The summed E-state index contributed by atoms with van der Waals surface area (Å²) in [6.45, 7) is 3.74. The highest BCUT2D eigenvalue weighted by atomic mass is 16.4. The molecule has 4 heteroatoms. The van der Waals surface area contributed by atoms with Crippen LogP contribution in [0.15, 0.2) is 42.6 Å². The smallest absolute Gasteiger partial charge is 0.326 e. The van der Waals surface area contributed by atoms with E-state index in [0.717, 1.165) is 5.56 Å². The first-order valence-corrected chi connectivity index (χ1v) is 6.55. The van der Waals surface area contributed by atoms with Crippen molar-refractivity contribution in [2.75, 3.05) is 0 Å². The van der Waals surface area contributed by atoms with Gasteiger partial charge in [-0.15, -0.1) is 0 Å². The summed E-state index contributed by atoms with van der Waals surface area (Å²) in [5.74, 6) is -1.09. The first kappa shape index (κ1) is 14.1. The number of benzene rings is 1. The second kappa shape index (κ2) is 5.74. The van der Waals surface area contributed by atoms with Crippen LogP contribution >= 0.6 is 0 Å². The maximum atomic E-state index is 12.5. The standard InChI is InChI=1S/C16H17NO3/c1-3-13(16(19)20)17-10-4-5-14(17)15(18)12-8-6-11(2)7-9-12/h4-10,13H,3H2,1-2H3,(H,19,20). The van der Waals surface area contributed by atoms with Crippen molar-refractivity contribution in [3.05, 3.63) is 59.4 Å². The Morgan fingerprint density at radius 2 is 1.85 bits per heavy atom. The van der Waals surface area contributed by atoms with Crippen LogP contribution in [0.1, 0.15) is 41.0 Å². The maximum Gasteiger partial charge on any atom is 0.326 e. The van der Waals surface area contributed by atoms with Crippen molar-refractivity contribution in [2.45, 2.75) is 26.3 Å². The number of carbonyl (C=O) groups excluding carboxylic acids is 1. The van der Waals surface area contributed by atoms with Crippen LogP contribution in [-0.2, 0) is 4.79 Å². The van der Waals surface area contributed by atoms with E-state index < -0.39 is 12.0 Å². The number of carbonyl (C=O) groups is 2. The van der Waals surface area contributed by atoms with Crippen molar-refractivity contribution in [1.82, 2.24) is 4.57 Å². The van der Waals surface area contributed by atoms with E-state index >= 15 is 0 Å². The molecule has 1 N–H and O–H groups in total. The lowest BCUT2D eigenvalue weighted by Crippen LogP contribution is -2.21. The van der Waals surface area contributed by atoms with Crippen LogP contribution in [-0.4, -0.2) is 21.4 Å². The van der Waals surface area contributed by atoms with Gasteiger partial charge in [-0.2, -0.15) is 0 Å². The summed E-state index contributed by atoms with van der Waals surface area (Å²) < 4.78 is 1.53. The number of carboxylic acids is 1. The van der Waals surface area contributed by atoms with E-state index in [1.807, 2.05) is 19.1 Å². The van der Waals surface area contributed by atoms with Crippen LogP contribution in [0.4, 0.5) is 0 Å². The van der Waals surface area contributed by atoms with E-state index in [1.54, 1.807) is 37.4 Å². The summed E-state index contributed by atoms with van der Waals surface area (Å²) in [5.41, 5.74) is 2.05. The molecule has 0 radical (unpaired) electrons. The van der Waals surface area contributed by atoms with Crippen LogP contribution in [0.5, 0.6) is 0 Å². The van der Waals surface area contributed by atoms with Gasteiger partial charge < -0.3 is 9.67 Å². The fourth-order valence-corrected chi connectivity index (χ4v) is 2.20. The summed E-state index contributed by atoms with van der Waals surface area (Å²) in [5, 5.41) is 9.23. The zero-order valence-electron chi connectivity index (χ0n) is 11.5. The Hall–Kier alpha value is -2.36. The van der Waals surface area contributed by atoms with Gasteiger partial charge in [0, 0.05) is 11.8 Å². The van der Waals surface area contributed by atoms with E-state index in [4.69, 9.17) is 0 Å². The number of aryl methyl sites for hydroxylation is 1. The van der Waals surface area contributed by atoms with Gasteiger partial charge in [-0.1, -0.05) is 36.8 Å². The molecule has 0 aliphatic rings. The molecule has 0 aliphatic carbocycles. The number of aromatic nitrogens is 1. The van der Waals surface area contributed by atoms with Gasteiger partial charge in [-0.3, -0.25) is 4.79 Å². The van der Waals surface area contributed by atoms with Gasteiger partial charge in [-0.25, -0.2) is 4.79 Å². The molecule has 0 spiro atoms. The largest absolute Gasteiger partial charge is 0.480 e. The first-order valence-electron chi connectivity index (χ1n) is 6.55. The highest BCUT2D eigenvalue weighted by Gasteiger charge is 2.22. The minimum absolute atomic E-state index is 0.158. The Morgan fingerprint density at radius 1 is 1.20 bits per heavy atom. The molecule has 1 atom stereocenters. The summed E-state index contributed by atoms with van der Waals surface area (Å²) in [7, 11) is 0. The van der Waals surface area contributed by atoms with Gasteiger partial charge in [0.1, 0.15) is 6.04 Å². The van der Waals surface area contributed by atoms with E-state index in [-0.39, 0.29) is 5.78 Å². The second-order valence-corrected chi connectivity index (χ2v) is 4.76. The molecule has 1 aromatic heterocycles. The molecular formula is C16H17NO3. The third-order valence-electron chi connectivity index (χ3n) is 3.33. The predicted octanol–water partition coefficient (Wildman–Crippen LogP) is 3.06. The van der Waals surface area contributed by atoms with Gasteiger partial charge >= 0.3 is 5.97 Å². The molecule has 20 heavy (non-hydrogen) atoms. The molecular weight excluding hydrogens is 254 g/mol. The highest BCUT2D eigenvalue weighted by molar-refractivity contribution is 6.08. The van der Waals surface area contributed by atoms with Gasteiger partial charge in [0.15, 0.2) is 0 Å². The molecule has 2 rings (SSSR count). The van der Waals surface area contributed by atoms with Gasteiger partial charge in [0.05, 0.1) is 5.69 Å². The predicted molar refractivity (Wildman–Crippen MR) is 76.0 cm³/mol. The third kappa shape index (κ3) is 2.64. The van der Waals surface area contributed by atoms with Crippen LogP contribution in [0, 0.1) is 6.92 Å². The zero-order chi connectivity index (χ0) is 14.7. The van der Waals surface area contributed by atoms with Crippen LogP contribution in [0.2, 0.25) is 0 Å². The van der Waals surface area contributed by atoms with Crippen molar-refractivity contribution < 1.29 is 14.7 Å². The summed E-state index contributed by atoms with van der Waals surface area (Å²) in [4.78, 5) is 23.7. The van der Waals surface area contributed by atoms with E-state index in [0.29, 0.717) is 17.7 Å². The molecule has 0 amide bonds. The highest BCUT2D eigenvalue weighted by Crippen LogP contribution is 2.19. The average molecular weight is 271 g/mol. The lowest BCUT2D eigenvalue weighted by molar-refractivity contribution is -0.141. The van der Waals surface area contributed by atoms with E-state index in [1.165, 1.54) is 4.57 Å². The number of aliphatic carboxylic acids is 1. The Morgan fingerprint density at radius 3 is 2.40 bits per heavy atom. The molecule has 104 valence electrons. The Balaban J connectivity index is 2.39. The van der Waals surface area contributed by atoms with Gasteiger partial charge in [0.2, 0.25) is 5.78 Å². The first-order chi connectivity index (χ1) is 9.54. The van der Waals surface area contributed by atoms with E-state index in [9.17, 15) is 14.7 Å². The van der Waals surface area contributed by atoms with Crippen molar-refractivity contribution in [3.8, 4) is 0 Å². The molecule has 4 nitrogen and oxygen atoms in total. The van der Waals surface area contributed by atoms with Crippen molar-refractivity contribution in [1.29, 1.82) is 0 Å². The second-order valence-electron chi connectivity index (χ2n) is 4.76. The monoisotopic (exact) mass is 271 g/mol. The summed E-state index contributed by atoms with van der Waals surface area (Å²) >= 11 is 0. The maximum absolute atomic E-state index is 12.5. The average Bonchev–Trinajstić information content (AvgIpc) is 2.88. The summed E-state index contributed by atoms with van der Waals surface area (Å²) in [6, 6.07) is 9.91. The molecule has 0 bridgehead atoms. The van der Waals surface area contributed by atoms with Crippen LogP contribution in [0.25, 0.3) is 0 Å². The molecule has 2 aromatic rings. The molecule has 0 saturated heterocycles. The zero-order valence-corrected chi connectivity index (χ0v) is 11.5. The Bertz CT molecular complexity index is 625.